The van der Waals surface area contributed by atoms with Crippen LogP contribution in [0.1, 0.15) is 16.7 Å². The van der Waals surface area contributed by atoms with E-state index in [4.69, 9.17) is 18.9 Å². The summed E-state index contributed by atoms with van der Waals surface area (Å²) in [5, 5.41) is 9.18. The number of ether oxygens (including phenoxy) is 4. The van der Waals surface area contributed by atoms with Crippen LogP contribution >= 0.6 is 31.9 Å². The number of anilines is 1. The quantitative estimate of drug-likeness (QED) is 0.145. The average Bonchev–Trinajstić information content (AvgIpc) is 2.97. The first-order valence-electron chi connectivity index (χ1n) is 12.5. The van der Waals surface area contributed by atoms with Crippen molar-refractivity contribution in [2.75, 3.05) is 39.8 Å². The van der Waals surface area contributed by atoms with E-state index in [2.05, 4.69) is 53.0 Å². The molecule has 11 nitrogen and oxygen atoms in total. The molecule has 3 amide bonds. The summed E-state index contributed by atoms with van der Waals surface area (Å²) in [5.74, 6) is -0.269. The zero-order valence-corrected chi connectivity index (χ0v) is 26.6. The summed E-state index contributed by atoms with van der Waals surface area (Å²) in [6, 6.07) is 14.2. The van der Waals surface area contributed by atoms with Crippen LogP contribution in [-0.2, 0) is 20.8 Å². The maximum Gasteiger partial charge on any atom is 0.329 e. The number of halogens is 2. The fourth-order valence-electron chi connectivity index (χ4n) is 3.66. The fourth-order valence-corrected chi connectivity index (χ4v) is 4.49. The lowest BCUT2D eigenvalue weighted by Crippen LogP contribution is -2.38. The van der Waals surface area contributed by atoms with Crippen LogP contribution in [0.4, 0.5) is 5.69 Å². The summed E-state index contributed by atoms with van der Waals surface area (Å²) in [6.45, 7) is 1.90. The second-order valence-electron chi connectivity index (χ2n) is 8.73. The van der Waals surface area contributed by atoms with Crippen LogP contribution in [0, 0.1) is 6.92 Å². The lowest BCUT2D eigenvalue weighted by molar-refractivity contribution is -0.139. The van der Waals surface area contributed by atoms with Gasteiger partial charge in [0.2, 0.25) is 0 Å². The Kier molecular flexibility index (Phi) is 12.2. The van der Waals surface area contributed by atoms with Crippen molar-refractivity contribution in [1.29, 1.82) is 0 Å². The second-order valence-corrected chi connectivity index (χ2v) is 10.4. The first-order chi connectivity index (χ1) is 20.1. The van der Waals surface area contributed by atoms with E-state index in [9.17, 15) is 14.4 Å². The molecule has 0 spiro atoms. The second kappa shape index (κ2) is 15.8. The monoisotopic (exact) mass is 704 g/mol. The summed E-state index contributed by atoms with van der Waals surface area (Å²) >= 11 is 6.84. The molecule has 0 heterocycles. The smallest absolute Gasteiger partial charge is 0.329 e. The van der Waals surface area contributed by atoms with Crippen molar-refractivity contribution in [3.63, 3.8) is 0 Å². The molecular formula is C29H30Br2N4O7. The summed E-state index contributed by atoms with van der Waals surface area (Å²) in [5.41, 5.74) is 5.27. The number of nitrogens with one attached hydrogen (secondary N) is 3. The van der Waals surface area contributed by atoms with Crippen molar-refractivity contribution in [3.05, 3.63) is 74.2 Å². The molecule has 0 aliphatic carbocycles. The lowest BCUT2D eigenvalue weighted by atomic mass is 10.1. The Balaban J connectivity index is 1.50. The van der Waals surface area contributed by atoms with Gasteiger partial charge in [-0.3, -0.25) is 14.4 Å². The van der Waals surface area contributed by atoms with Crippen LogP contribution in [0.25, 0.3) is 0 Å². The molecule has 0 saturated carbocycles. The minimum atomic E-state index is -0.920. The Morgan fingerprint density at radius 2 is 1.60 bits per heavy atom. The zero-order valence-electron chi connectivity index (χ0n) is 23.4. The number of aryl methyl sites for hydroxylation is 1. The molecule has 0 bridgehead atoms. The van der Waals surface area contributed by atoms with Crippen LogP contribution in [0.2, 0.25) is 0 Å². The minimum Gasteiger partial charge on any atom is -0.493 e. The molecule has 3 aromatic carbocycles. The lowest BCUT2D eigenvalue weighted by Gasteiger charge is -2.14. The molecule has 0 aromatic heterocycles. The Morgan fingerprint density at radius 1 is 0.857 bits per heavy atom. The molecule has 0 aliphatic heterocycles. The largest absolute Gasteiger partial charge is 0.493 e. The molecular weight excluding hydrogens is 676 g/mol. The molecule has 0 radical (unpaired) electrons. The van der Waals surface area contributed by atoms with Gasteiger partial charge in [-0.25, -0.2) is 5.43 Å². The van der Waals surface area contributed by atoms with Crippen LogP contribution in [0.3, 0.4) is 0 Å². The van der Waals surface area contributed by atoms with Gasteiger partial charge < -0.3 is 29.6 Å². The molecule has 3 aromatic rings. The number of rotatable bonds is 12. The normalized spacial score (nSPS) is 10.6. The Labute approximate surface area is 260 Å². The van der Waals surface area contributed by atoms with E-state index in [1.54, 1.807) is 44.6 Å². The maximum absolute atomic E-state index is 12.4. The number of carbonyl (C=O) groups is 3. The number of benzene rings is 3. The molecule has 0 saturated heterocycles. The predicted octanol–water partition coefficient (Wildman–Crippen LogP) is 4.37. The molecule has 0 unspecified atom stereocenters. The predicted molar refractivity (Wildman–Crippen MR) is 166 cm³/mol. The summed E-state index contributed by atoms with van der Waals surface area (Å²) in [7, 11) is 4.54. The maximum atomic E-state index is 12.4. The van der Waals surface area contributed by atoms with Gasteiger partial charge in [0.1, 0.15) is 0 Å². The van der Waals surface area contributed by atoms with Crippen LogP contribution in [0.15, 0.2) is 62.6 Å². The van der Waals surface area contributed by atoms with Crippen molar-refractivity contribution < 1.29 is 33.3 Å². The molecule has 0 atom stereocenters. The molecule has 0 fully saturated rings. The van der Waals surface area contributed by atoms with Gasteiger partial charge in [0.25, 0.3) is 5.91 Å². The van der Waals surface area contributed by atoms with E-state index < -0.39 is 11.8 Å². The summed E-state index contributed by atoms with van der Waals surface area (Å²) in [4.78, 5) is 36.7. The molecule has 3 rings (SSSR count). The van der Waals surface area contributed by atoms with Crippen molar-refractivity contribution in [1.82, 2.24) is 10.7 Å². The topological polar surface area (TPSA) is 137 Å². The average molecular weight is 706 g/mol. The van der Waals surface area contributed by atoms with Gasteiger partial charge >= 0.3 is 11.8 Å². The molecule has 0 aliphatic rings. The number of hydrogen-bond acceptors (Lipinski definition) is 8. The van der Waals surface area contributed by atoms with E-state index in [1.807, 2.05) is 25.1 Å². The zero-order chi connectivity index (χ0) is 30.6. The Morgan fingerprint density at radius 3 is 2.29 bits per heavy atom. The standard InChI is InChI=1S/C29H30Br2N4O7/c1-17-11-20(6-7-21(17)30)34-26(36)16-42-27-22(31)12-19(14-25(27)41-4)15-33-35-29(38)28(37)32-10-9-18-5-8-23(39-2)24(13-18)40-3/h5-8,11-15H,9-10,16H2,1-4H3,(H,32,37)(H,34,36)(H,35,38)/b33-15-. The number of carbonyl (C=O) groups excluding carboxylic acids is 3. The Hall–Kier alpha value is -4.10. The SMILES string of the molecule is COc1ccc(CCNC(=O)C(=O)N/N=C\c2cc(Br)c(OCC(=O)Nc3ccc(Br)c(C)c3)c(OC)c2)cc1OC. The highest BCUT2D eigenvalue weighted by Crippen LogP contribution is 2.36. The molecule has 3 N–H and O–H groups in total. The van der Waals surface area contributed by atoms with Gasteiger partial charge in [0, 0.05) is 16.7 Å². The van der Waals surface area contributed by atoms with Gasteiger partial charge in [0.05, 0.1) is 32.0 Å². The van der Waals surface area contributed by atoms with E-state index in [1.165, 1.54) is 13.3 Å². The molecule has 42 heavy (non-hydrogen) atoms. The molecule has 13 heteroatoms. The summed E-state index contributed by atoms with van der Waals surface area (Å²) in [6.07, 6.45) is 1.82. The van der Waals surface area contributed by atoms with Crippen LogP contribution in [0.5, 0.6) is 23.0 Å². The molecule has 222 valence electrons. The van der Waals surface area contributed by atoms with E-state index >= 15 is 0 Å². The fraction of sp³-hybridized carbons (Fsp3) is 0.241. The van der Waals surface area contributed by atoms with Crippen LogP contribution in [-0.4, -0.2) is 58.4 Å². The first kappa shape index (κ1) is 32.4. The van der Waals surface area contributed by atoms with E-state index in [0.717, 1.165) is 15.6 Å². The van der Waals surface area contributed by atoms with Gasteiger partial charge in [0.15, 0.2) is 29.6 Å². The first-order valence-corrected chi connectivity index (χ1v) is 14.1. The third kappa shape index (κ3) is 9.21. The van der Waals surface area contributed by atoms with Crippen molar-refractivity contribution in [2.45, 2.75) is 13.3 Å². The third-order valence-electron chi connectivity index (χ3n) is 5.77. The minimum absolute atomic E-state index is 0.234. The van der Waals surface area contributed by atoms with Gasteiger partial charge in [-0.1, -0.05) is 22.0 Å². The number of hydrazone groups is 1. The number of amides is 3. The van der Waals surface area contributed by atoms with Crippen molar-refractivity contribution in [2.24, 2.45) is 5.10 Å². The van der Waals surface area contributed by atoms with Crippen molar-refractivity contribution >= 4 is 61.5 Å². The third-order valence-corrected chi connectivity index (χ3v) is 7.25. The number of hydrogen-bond donors (Lipinski definition) is 3. The number of methoxy groups -OCH3 is 3. The van der Waals surface area contributed by atoms with Gasteiger partial charge in [-0.05, 0) is 88.4 Å². The Bertz CT molecular complexity index is 1480. The van der Waals surface area contributed by atoms with Gasteiger partial charge in [-0.15, -0.1) is 0 Å². The number of nitrogens with zero attached hydrogens (tertiary/aromatic N) is 1. The highest BCUT2D eigenvalue weighted by Gasteiger charge is 2.15. The summed E-state index contributed by atoms with van der Waals surface area (Å²) < 4.78 is 23.0. The van der Waals surface area contributed by atoms with E-state index in [-0.39, 0.29) is 19.1 Å². The van der Waals surface area contributed by atoms with Gasteiger partial charge in [-0.2, -0.15) is 5.10 Å². The highest BCUT2D eigenvalue weighted by molar-refractivity contribution is 9.10. The van der Waals surface area contributed by atoms with Crippen molar-refractivity contribution in [3.8, 4) is 23.0 Å². The van der Waals surface area contributed by atoms with Crippen LogP contribution < -0.4 is 35.0 Å². The highest BCUT2D eigenvalue weighted by atomic mass is 79.9. The van der Waals surface area contributed by atoms with E-state index in [0.29, 0.717) is 45.1 Å².